The number of ether oxygens (including phenoxy) is 1. The third-order valence-electron chi connectivity index (χ3n) is 4.59. The number of benzene rings is 2. The molecule has 162 valence electrons. The number of carboxylic acids is 1. The molecule has 1 amide bonds. The van der Waals surface area contributed by atoms with Gasteiger partial charge in [0.05, 0.1) is 4.91 Å². The molecule has 0 aromatic heterocycles. The van der Waals surface area contributed by atoms with Crippen LogP contribution in [0.2, 0.25) is 5.02 Å². The highest BCUT2D eigenvalue weighted by molar-refractivity contribution is 8.26. The van der Waals surface area contributed by atoms with Crippen LogP contribution in [0.25, 0.3) is 6.08 Å². The van der Waals surface area contributed by atoms with Crippen molar-refractivity contribution in [3.8, 4) is 5.75 Å². The molecule has 1 atom stereocenters. The van der Waals surface area contributed by atoms with Gasteiger partial charge in [0.15, 0.2) is 0 Å². The van der Waals surface area contributed by atoms with Crippen molar-refractivity contribution in [1.82, 2.24) is 4.90 Å². The van der Waals surface area contributed by atoms with Crippen molar-refractivity contribution >= 4 is 57.9 Å². The van der Waals surface area contributed by atoms with Gasteiger partial charge in [-0.1, -0.05) is 73.7 Å². The predicted octanol–water partition coefficient (Wildman–Crippen LogP) is 5.62. The lowest BCUT2D eigenvalue weighted by atomic mass is 10.0. The van der Waals surface area contributed by atoms with E-state index in [1.165, 1.54) is 4.90 Å². The molecule has 31 heavy (non-hydrogen) atoms. The third-order valence-corrected chi connectivity index (χ3v) is 6.17. The molecule has 2 aromatic rings. The molecule has 8 heteroatoms. The van der Waals surface area contributed by atoms with Gasteiger partial charge >= 0.3 is 5.97 Å². The van der Waals surface area contributed by atoms with Crippen molar-refractivity contribution in [3.63, 3.8) is 0 Å². The quantitative estimate of drug-likeness (QED) is 0.395. The lowest BCUT2D eigenvalue weighted by Crippen LogP contribution is -2.44. The summed E-state index contributed by atoms with van der Waals surface area (Å²) in [5.74, 6) is -0.661. The number of carbonyl (C=O) groups excluding carboxylic acids is 1. The van der Waals surface area contributed by atoms with E-state index in [0.717, 1.165) is 22.9 Å². The third kappa shape index (κ3) is 6.09. The number of halogens is 1. The molecule has 0 bridgehead atoms. The van der Waals surface area contributed by atoms with E-state index in [2.05, 4.69) is 0 Å². The lowest BCUT2D eigenvalue weighted by molar-refractivity contribution is -0.145. The fraction of sp³-hybridized carbons (Fsp3) is 0.261. The standard InChI is InChI=1S/C23H22ClNO4S2/c1-14(2)10-19(22(27)28)25-21(26)20(31-23(25)30)12-16-4-3-5-18(11-16)29-13-15-6-8-17(24)9-7-15/h3-9,11-12,14,19H,10,13H2,1-2H3,(H,27,28)/b20-12-. The van der Waals surface area contributed by atoms with Crippen molar-refractivity contribution in [1.29, 1.82) is 0 Å². The highest BCUT2D eigenvalue weighted by atomic mass is 35.5. The Morgan fingerprint density at radius 1 is 1.26 bits per heavy atom. The largest absolute Gasteiger partial charge is 0.489 e. The minimum absolute atomic E-state index is 0.115. The number of thiocarbonyl (C=S) groups is 1. The fourth-order valence-corrected chi connectivity index (χ4v) is 4.59. The smallest absolute Gasteiger partial charge is 0.326 e. The van der Waals surface area contributed by atoms with E-state index < -0.39 is 12.0 Å². The van der Waals surface area contributed by atoms with Crippen molar-refractivity contribution < 1.29 is 19.4 Å². The molecular weight excluding hydrogens is 454 g/mol. The normalized spacial score (nSPS) is 16.3. The maximum atomic E-state index is 12.9. The Bertz CT molecular complexity index is 1020. The minimum Gasteiger partial charge on any atom is -0.489 e. The molecule has 0 spiro atoms. The number of thioether (sulfide) groups is 1. The number of hydrogen-bond acceptors (Lipinski definition) is 5. The number of carboxylic acid groups (broad SMARTS) is 1. The Morgan fingerprint density at radius 2 is 1.97 bits per heavy atom. The van der Waals surface area contributed by atoms with Crippen molar-refractivity contribution in [2.24, 2.45) is 5.92 Å². The molecule has 1 heterocycles. The summed E-state index contributed by atoms with van der Waals surface area (Å²) in [6.07, 6.45) is 2.05. The molecule has 2 aromatic carbocycles. The number of rotatable bonds is 8. The van der Waals surface area contributed by atoms with Crippen LogP contribution in [0.15, 0.2) is 53.4 Å². The van der Waals surface area contributed by atoms with Gasteiger partial charge < -0.3 is 9.84 Å². The summed E-state index contributed by atoms with van der Waals surface area (Å²) in [4.78, 5) is 26.3. The molecule has 1 unspecified atom stereocenters. The highest BCUT2D eigenvalue weighted by Crippen LogP contribution is 2.35. The Hall–Kier alpha value is -2.35. The first-order chi connectivity index (χ1) is 14.7. The van der Waals surface area contributed by atoms with Gasteiger partial charge in [-0.05, 0) is 53.8 Å². The van der Waals surface area contributed by atoms with Crippen LogP contribution in [0.5, 0.6) is 5.75 Å². The van der Waals surface area contributed by atoms with Crippen LogP contribution in [-0.4, -0.2) is 32.2 Å². The molecule has 0 aliphatic carbocycles. The molecule has 3 rings (SSSR count). The van der Waals surface area contributed by atoms with E-state index in [1.807, 2.05) is 62.4 Å². The van der Waals surface area contributed by atoms with Crippen LogP contribution in [0.3, 0.4) is 0 Å². The topological polar surface area (TPSA) is 66.8 Å². The molecule has 1 aliphatic heterocycles. The van der Waals surface area contributed by atoms with Gasteiger partial charge in [-0.3, -0.25) is 9.69 Å². The van der Waals surface area contributed by atoms with Crippen molar-refractivity contribution in [2.75, 3.05) is 0 Å². The number of carbonyl (C=O) groups is 2. The highest BCUT2D eigenvalue weighted by Gasteiger charge is 2.40. The van der Waals surface area contributed by atoms with Gasteiger partial charge in [-0.2, -0.15) is 0 Å². The zero-order valence-corrected chi connectivity index (χ0v) is 19.5. The summed E-state index contributed by atoms with van der Waals surface area (Å²) in [6, 6.07) is 13.8. The summed E-state index contributed by atoms with van der Waals surface area (Å²) in [5.41, 5.74) is 1.75. The van der Waals surface area contributed by atoms with Gasteiger partial charge in [-0.25, -0.2) is 4.79 Å². The second-order valence-electron chi connectivity index (χ2n) is 7.52. The molecule has 1 saturated heterocycles. The first-order valence-electron chi connectivity index (χ1n) is 9.71. The first kappa shape index (κ1) is 23.3. The Kier molecular flexibility index (Phi) is 7.75. The monoisotopic (exact) mass is 475 g/mol. The van der Waals surface area contributed by atoms with Crippen molar-refractivity contribution in [3.05, 3.63) is 69.6 Å². The van der Waals surface area contributed by atoms with Gasteiger partial charge in [0.1, 0.15) is 22.7 Å². The summed E-state index contributed by atoms with van der Waals surface area (Å²) in [6.45, 7) is 4.22. The van der Waals surface area contributed by atoms with Crippen LogP contribution in [0.4, 0.5) is 0 Å². The second-order valence-corrected chi connectivity index (χ2v) is 9.64. The number of nitrogens with zero attached hydrogens (tertiary/aromatic N) is 1. The lowest BCUT2D eigenvalue weighted by Gasteiger charge is -2.24. The van der Waals surface area contributed by atoms with Crippen LogP contribution in [-0.2, 0) is 16.2 Å². The number of aliphatic carboxylic acids is 1. The van der Waals surface area contributed by atoms with Crippen LogP contribution in [0.1, 0.15) is 31.4 Å². The molecule has 0 saturated carbocycles. The van der Waals surface area contributed by atoms with Crippen LogP contribution in [0, 0.1) is 5.92 Å². The number of amides is 1. The van der Waals surface area contributed by atoms with E-state index in [0.29, 0.717) is 28.7 Å². The molecule has 1 fully saturated rings. The molecule has 5 nitrogen and oxygen atoms in total. The molecule has 0 radical (unpaired) electrons. The Balaban J connectivity index is 1.74. The van der Waals surface area contributed by atoms with Gasteiger partial charge in [-0.15, -0.1) is 0 Å². The summed E-state index contributed by atoms with van der Waals surface area (Å²) >= 11 is 12.3. The molecule has 1 N–H and O–H groups in total. The van der Waals surface area contributed by atoms with E-state index in [1.54, 1.807) is 6.08 Å². The maximum absolute atomic E-state index is 12.9. The molecular formula is C23H22ClNO4S2. The number of hydrogen-bond donors (Lipinski definition) is 1. The fourth-order valence-electron chi connectivity index (χ4n) is 3.10. The predicted molar refractivity (Wildman–Crippen MR) is 128 cm³/mol. The van der Waals surface area contributed by atoms with Gasteiger partial charge in [0.2, 0.25) is 0 Å². The zero-order valence-electron chi connectivity index (χ0n) is 17.1. The average molecular weight is 476 g/mol. The van der Waals surface area contributed by atoms with Crippen LogP contribution >= 0.6 is 35.6 Å². The van der Waals surface area contributed by atoms with E-state index in [4.69, 9.17) is 28.6 Å². The summed E-state index contributed by atoms with van der Waals surface area (Å²) in [5, 5.41) is 10.3. The first-order valence-corrected chi connectivity index (χ1v) is 11.3. The second kappa shape index (κ2) is 10.3. The Morgan fingerprint density at radius 3 is 2.61 bits per heavy atom. The van der Waals surface area contributed by atoms with Gasteiger partial charge in [0.25, 0.3) is 5.91 Å². The van der Waals surface area contributed by atoms with E-state index in [-0.39, 0.29) is 16.1 Å². The van der Waals surface area contributed by atoms with E-state index in [9.17, 15) is 14.7 Å². The SMILES string of the molecule is CC(C)CC(C(=O)O)N1C(=O)/C(=C/c2cccc(OCc3ccc(Cl)cc3)c2)SC1=S. The maximum Gasteiger partial charge on any atom is 0.326 e. The zero-order chi connectivity index (χ0) is 22.5. The molecule has 1 aliphatic rings. The Labute approximate surface area is 196 Å². The van der Waals surface area contributed by atoms with Gasteiger partial charge in [0, 0.05) is 5.02 Å². The van der Waals surface area contributed by atoms with Crippen molar-refractivity contribution in [2.45, 2.75) is 32.9 Å². The summed E-state index contributed by atoms with van der Waals surface area (Å²) < 4.78 is 6.10. The van der Waals surface area contributed by atoms with Crippen LogP contribution < -0.4 is 4.74 Å². The minimum atomic E-state index is -1.05. The summed E-state index contributed by atoms with van der Waals surface area (Å²) in [7, 11) is 0. The average Bonchev–Trinajstić information content (AvgIpc) is 2.98. The van der Waals surface area contributed by atoms with E-state index >= 15 is 0 Å².